The van der Waals surface area contributed by atoms with E-state index in [1.54, 1.807) is 0 Å². The van der Waals surface area contributed by atoms with E-state index in [2.05, 4.69) is 29.3 Å². The molecule has 2 aliphatic heterocycles. The van der Waals surface area contributed by atoms with Crippen LogP contribution >= 0.6 is 0 Å². The lowest BCUT2D eigenvalue weighted by atomic mass is 10.1. The van der Waals surface area contributed by atoms with Crippen LogP contribution in [-0.2, 0) is 6.54 Å². The molecule has 1 aromatic carbocycles. The molecular formula is C15H22N2O2. The van der Waals surface area contributed by atoms with Gasteiger partial charge in [0.25, 0.3) is 0 Å². The van der Waals surface area contributed by atoms with Crippen LogP contribution in [0.5, 0.6) is 11.5 Å². The second-order valence-electron chi connectivity index (χ2n) is 5.30. The Balaban J connectivity index is 1.76. The number of benzene rings is 1. The summed E-state index contributed by atoms with van der Waals surface area (Å²) in [5.74, 6) is 1.80. The van der Waals surface area contributed by atoms with Crippen LogP contribution in [0.25, 0.3) is 0 Å². The maximum absolute atomic E-state index is 5.68. The summed E-state index contributed by atoms with van der Waals surface area (Å²) < 4.78 is 11.3. The van der Waals surface area contributed by atoms with Crippen molar-refractivity contribution in [3.63, 3.8) is 0 Å². The van der Waals surface area contributed by atoms with Gasteiger partial charge in [-0.2, -0.15) is 0 Å². The largest absolute Gasteiger partial charge is 0.486 e. The molecule has 4 heteroatoms. The van der Waals surface area contributed by atoms with Crippen LogP contribution < -0.4 is 14.8 Å². The summed E-state index contributed by atoms with van der Waals surface area (Å²) in [5, 5.41) is 3.44. The maximum Gasteiger partial charge on any atom is 0.161 e. The van der Waals surface area contributed by atoms with Gasteiger partial charge in [0.1, 0.15) is 13.2 Å². The van der Waals surface area contributed by atoms with E-state index >= 15 is 0 Å². The van der Waals surface area contributed by atoms with Gasteiger partial charge in [-0.25, -0.2) is 0 Å². The number of fused-ring (bicyclic) bond motifs is 1. The van der Waals surface area contributed by atoms with Gasteiger partial charge >= 0.3 is 0 Å². The smallest absolute Gasteiger partial charge is 0.161 e. The molecule has 1 saturated heterocycles. The Morgan fingerprint density at radius 1 is 1.11 bits per heavy atom. The average Bonchev–Trinajstić information content (AvgIpc) is 2.68. The van der Waals surface area contributed by atoms with Gasteiger partial charge in [-0.05, 0) is 49.7 Å². The molecule has 0 unspecified atom stereocenters. The molecule has 0 saturated carbocycles. The normalized spacial score (nSPS) is 20.1. The van der Waals surface area contributed by atoms with Crippen LogP contribution in [0.2, 0.25) is 0 Å². The van der Waals surface area contributed by atoms with Crippen molar-refractivity contribution in [3.05, 3.63) is 23.3 Å². The first-order valence-corrected chi connectivity index (χ1v) is 7.15. The number of ether oxygens (including phenoxy) is 2. The first kappa shape index (κ1) is 12.8. The Labute approximate surface area is 114 Å². The van der Waals surface area contributed by atoms with Crippen molar-refractivity contribution in [1.82, 2.24) is 10.2 Å². The van der Waals surface area contributed by atoms with Crippen LogP contribution in [0, 0.1) is 6.92 Å². The third-order valence-electron chi connectivity index (χ3n) is 3.83. The molecule has 0 atom stereocenters. The van der Waals surface area contributed by atoms with E-state index in [0.29, 0.717) is 13.2 Å². The van der Waals surface area contributed by atoms with Crippen LogP contribution in [0.3, 0.4) is 0 Å². The van der Waals surface area contributed by atoms with Gasteiger partial charge in [0, 0.05) is 19.6 Å². The second-order valence-corrected chi connectivity index (χ2v) is 5.30. The van der Waals surface area contributed by atoms with E-state index in [4.69, 9.17) is 9.47 Å². The molecule has 0 spiro atoms. The van der Waals surface area contributed by atoms with Crippen molar-refractivity contribution in [1.29, 1.82) is 0 Å². The van der Waals surface area contributed by atoms with Crippen molar-refractivity contribution in [2.24, 2.45) is 0 Å². The summed E-state index contributed by atoms with van der Waals surface area (Å²) in [6, 6.07) is 4.27. The minimum absolute atomic E-state index is 0.656. The topological polar surface area (TPSA) is 33.7 Å². The lowest BCUT2D eigenvalue weighted by Crippen LogP contribution is -2.28. The van der Waals surface area contributed by atoms with Crippen LogP contribution in [0.15, 0.2) is 12.1 Å². The molecule has 0 radical (unpaired) electrons. The summed E-state index contributed by atoms with van der Waals surface area (Å²) in [7, 11) is 0. The number of nitrogens with one attached hydrogen (secondary N) is 1. The van der Waals surface area contributed by atoms with E-state index in [1.165, 1.54) is 24.1 Å². The summed E-state index contributed by atoms with van der Waals surface area (Å²) >= 11 is 0. The molecule has 4 nitrogen and oxygen atoms in total. The molecule has 1 N–H and O–H groups in total. The molecule has 3 rings (SSSR count). The molecule has 0 aliphatic carbocycles. The van der Waals surface area contributed by atoms with Crippen LogP contribution in [0.1, 0.15) is 17.5 Å². The fraction of sp³-hybridized carbons (Fsp3) is 0.600. The van der Waals surface area contributed by atoms with Crippen molar-refractivity contribution in [2.75, 3.05) is 39.4 Å². The van der Waals surface area contributed by atoms with Crippen LogP contribution in [-0.4, -0.2) is 44.3 Å². The van der Waals surface area contributed by atoms with Gasteiger partial charge in [-0.15, -0.1) is 0 Å². The molecule has 19 heavy (non-hydrogen) atoms. The van der Waals surface area contributed by atoms with E-state index < -0.39 is 0 Å². The highest BCUT2D eigenvalue weighted by Crippen LogP contribution is 2.33. The highest BCUT2D eigenvalue weighted by Gasteiger charge is 2.16. The van der Waals surface area contributed by atoms with Gasteiger partial charge in [-0.3, -0.25) is 4.90 Å². The number of rotatable bonds is 2. The molecule has 2 aliphatic rings. The van der Waals surface area contributed by atoms with Gasteiger partial charge in [0.15, 0.2) is 11.5 Å². The minimum atomic E-state index is 0.656. The van der Waals surface area contributed by atoms with E-state index in [0.717, 1.165) is 37.7 Å². The zero-order valence-corrected chi connectivity index (χ0v) is 11.6. The number of hydrogen-bond acceptors (Lipinski definition) is 4. The molecule has 0 bridgehead atoms. The van der Waals surface area contributed by atoms with Crippen molar-refractivity contribution in [3.8, 4) is 11.5 Å². The van der Waals surface area contributed by atoms with Crippen LogP contribution in [0.4, 0.5) is 0 Å². The molecule has 1 aromatic rings. The lowest BCUT2D eigenvalue weighted by molar-refractivity contribution is 0.171. The van der Waals surface area contributed by atoms with Crippen molar-refractivity contribution < 1.29 is 9.47 Å². The Morgan fingerprint density at radius 3 is 2.74 bits per heavy atom. The monoisotopic (exact) mass is 262 g/mol. The third-order valence-corrected chi connectivity index (χ3v) is 3.83. The van der Waals surface area contributed by atoms with Gasteiger partial charge in [0.2, 0.25) is 0 Å². The Kier molecular flexibility index (Phi) is 3.89. The predicted octanol–water partition coefficient (Wildman–Crippen LogP) is 1.56. The third kappa shape index (κ3) is 3.01. The highest BCUT2D eigenvalue weighted by molar-refractivity contribution is 5.47. The number of nitrogens with zero attached hydrogens (tertiary/aromatic N) is 1. The average molecular weight is 262 g/mol. The summed E-state index contributed by atoms with van der Waals surface area (Å²) in [5.41, 5.74) is 2.65. The minimum Gasteiger partial charge on any atom is -0.486 e. The zero-order valence-electron chi connectivity index (χ0n) is 11.6. The fourth-order valence-electron chi connectivity index (χ4n) is 2.70. The number of aryl methyl sites for hydroxylation is 1. The highest BCUT2D eigenvalue weighted by atomic mass is 16.6. The van der Waals surface area contributed by atoms with Gasteiger partial charge in [0.05, 0.1) is 0 Å². The molecule has 1 fully saturated rings. The van der Waals surface area contributed by atoms with Gasteiger partial charge in [-0.1, -0.05) is 0 Å². The van der Waals surface area contributed by atoms with E-state index in [1.807, 2.05) is 0 Å². The predicted molar refractivity (Wildman–Crippen MR) is 74.9 cm³/mol. The molecular weight excluding hydrogens is 240 g/mol. The van der Waals surface area contributed by atoms with E-state index in [9.17, 15) is 0 Å². The molecule has 0 amide bonds. The zero-order chi connectivity index (χ0) is 13.1. The first-order chi connectivity index (χ1) is 9.33. The lowest BCUT2D eigenvalue weighted by Gasteiger charge is -2.24. The number of hydrogen-bond donors (Lipinski definition) is 1. The van der Waals surface area contributed by atoms with Crippen molar-refractivity contribution >= 4 is 0 Å². The summed E-state index contributed by atoms with van der Waals surface area (Å²) in [6.45, 7) is 8.98. The Morgan fingerprint density at radius 2 is 1.89 bits per heavy atom. The summed E-state index contributed by atoms with van der Waals surface area (Å²) in [6.07, 6.45) is 1.23. The van der Waals surface area contributed by atoms with Gasteiger partial charge < -0.3 is 14.8 Å². The molecule has 0 aromatic heterocycles. The Hall–Kier alpha value is -1.26. The Bertz CT molecular complexity index is 440. The fourth-order valence-corrected chi connectivity index (χ4v) is 2.70. The quantitative estimate of drug-likeness (QED) is 0.877. The van der Waals surface area contributed by atoms with Crippen molar-refractivity contribution in [2.45, 2.75) is 19.9 Å². The SMILES string of the molecule is Cc1cc2c(cc1CN1CCCNCC1)OCCO2. The second kappa shape index (κ2) is 5.80. The summed E-state index contributed by atoms with van der Waals surface area (Å²) in [4.78, 5) is 2.51. The molecule has 104 valence electrons. The van der Waals surface area contributed by atoms with E-state index in [-0.39, 0.29) is 0 Å². The standard InChI is InChI=1S/C15H22N2O2/c1-12-9-14-15(19-8-7-18-14)10-13(12)11-17-5-2-3-16-4-6-17/h9-10,16H,2-8,11H2,1H3. The molecule has 2 heterocycles. The first-order valence-electron chi connectivity index (χ1n) is 7.15. The maximum atomic E-state index is 5.68.